The van der Waals surface area contributed by atoms with Gasteiger partial charge in [-0.3, -0.25) is 10.1 Å². The van der Waals surface area contributed by atoms with Crippen LogP contribution in [0.3, 0.4) is 0 Å². The minimum Gasteiger partial charge on any atom is -0.465 e. The van der Waals surface area contributed by atoms with Gasteiger partial charge in [-0.2, -0.15) is 0 Å². The Hall–Kier alpha value is -1.82. The Morgan fingerprint density at radius 3 is 2.76 bits per heavy atom. The number of benzene rings is 1. The maximum atomic E-state index is 11.6. The molecule has 0 aromatic heterocycles. The van der Waals surface area contributed by atoms with Crippen LogP contribution in [0.1, 0.15) is 36.5 Å². The molecule has 0 bridgehead atoms. The number of anilines is 1. The number of hydrogen-bond acceptors (Lipinski definition) is 5. The molecule has 114 valence electrons. The molecule has 1 saturated heterocycles. The van der Waals surface area contributed by atoms with E-state index in [1.54, 1.807) is 0 Å². The van der Waals surface area contributed by atoms with E-state index in [-0.39, 0.29) is 22.3 Å². The summed E-state index contributed by atoms with van der Waals surface area (Å²) in [5, 5.41) is 11.6. The first kappa shape index (κ1) is 15.6. The molecule has 1 aromatic carbocycles. The summed E-state index contributed by atoms with van der Waals surface area (Å²) in [5.74, 6) is -0.641. The van der Waals surface area contributed by atoms with Crippen molar-refractivity contribution in [3.05, 3.63) is 32.8 Å². The van der Waals surface area contributed by atoms with E-state index < -0.39 is 10.9 Å². The Morgan fingerprint density at radius 2 is 2.19 bits per heavy atom. The second kappa shape index (κ2) is 6.30. The number of nitrogens with zero attached hydrogens (tertiary/aromatic N) is 2. The molecule has 6 nitrogen and oxygen atoms in total. The van der Waals surface area contributed by atoms with Crippen molar-refractivity contribution >= 4 is 28.9 Å². The van der Waals surface area contributed by atoms with Crippen LogP contribution in [0, 0.1) is 10.1 Å². The lowest BCUT2D eigenvalue weighted by atomic mass is 10.0. The summed E-state index contributed by atoms with van der Waals surface area (Å²) in [7, 11) is 1.22. The largest absolute Gasteiger partial charge is 0.465 e. The Balaban J connectivity index is 2.54. The van der Waals surface area contributed by atoms with Gasteiger partial charge in [0.1, 0.15) is 5.69 Å². The molecule has 0 amide bonds. The summed E-state index contributed by atoms with van der Waals surface area (Å²) >= 11 is 6.22. The quantitative estimate of drug-likeness (QED) is 0.486. The Labute approximate surface area is 127 Å². The van der Waals surface area contributed by atoms with Crippen LogP contribution in [0.25, 0.3) is 0 Å². The third-order valence-electron chi connectivity index (χ3n) is 3.75. The molecule has 21 heavy (non-hydrogen) atoms. The third-order valence-corrected chi connectivity index (χ3v) is 4.04. The van der Waals surface area contributed by atoms with Crippen LogP contribution in [0.4, 0.5) is 11.4 Å². The van der Waals surface area contributed by atoms with Crippen molar-refractivity contribution in [1.82, 2.24) is 0 Å². The lowest BCUT2D eigenvalue weighted by Gasteiger charge is -2.35. The number of hydrogen-bond donors (Lipinski definition) is 0. The normalized spacial score (nSPS) is 18.4. The van der Waals surface area contributed by atoms with Crippen molar-refractivity contribution < 1.29 is 14.5 Å². The van der Waals surface area contributed by atoms with Gasteiger partial charge in [-0.05, 0) is 32.3 Å². The van der Waals surface area contributed by atoms with Gasteiger partial charge in [0.15, 0.2) is 0 Å². The van der Waals surface area contributed by atoms with Gasteiger partial charge in [0, 0.05) is 18.7 Å². The van der Waals surface area contributed by atoms with E-state index in [1.807, 2.05) is 11.8 Å². The first-order chi connectivity index (χ1) is 9.95. The summed E-state index contributed by atoms with van der Waals surface area (Å²) in [4.78, 5) is 24.4. The monoisotopic (exact) mass is 312 g/mol. The summed E-state index contributed by atoms with van der Waals surface area (Å²) in [5.41, 5.74) is 0.320. The number of rotatable bonds is 3. The minimum absolute atomic E-state index is 0.0858. The van der Waals surface area contributed by atoms with Crippen LogP contribution in [0.15, 0.2) is 12.1 Å². The van der Waals surface area contributed by atoms with Gasteiger partial charge in [-0.15, -0.1) is 0 Å². The average molecular weight is 313 g/mol. The zero-order valence-electron chi connectivity index (χ0n) is 12.0. The summed E-state index contributed by atoms with van der Waals surface area (Å²) in [6.45, 7) is 2.74. The molecule has 0 spiro atoms. The van der Waals surface area contributed by atoms with Gasteiger partial charge in [0.25, 0.3) is 5.69 Å². The highest BCUT2D eigenvalue weighted by Gasteiger charge is 2.29. The van der Waals surface area contributed by atoms with Crippen molar-refractivity contribution in [2.45, 2.75) is 32.2 Å². The Kier molecular flexibility index (Phi) is 4.67. The van der Waals surface area contributed by atoms with Gasteiger partial charge in [-0.25, -0.2) is 4.79 Å². The molecule has 1 atom stereocenters. The van der Waals surface area contributed by atoms with Crippen molar-refractivity contribution in [3.63, 3.8) is 0 Å². The fraction of sp³-hybridized carbons (Fsp3) is 0.500. The van der Waals surface area contributed by atoms with Crippen LogP contribution in [-0.2, 0) is 4.74 Å². The lowest BCUT2D eigenvalue weighted by molar-refractivity contribution is -0.384. The zero-order chi connectivity index (χ0) is 15.6. The van der Waals surface area contributed by atoms with Crippen LogP contribution < -0.4 is 4.90 Å². The number of piperidine rings is 1. The molecule has 1 heterocycles. The zero-order valence-corrected chi connectivity index (χ0v) is 12.7. The van der Waals surface area contributed by atoms with Crippen molar-refractivity contribution in [3.8, 4) is 0 Å². The highest BCUT2D eigenvalue weighted by molar-refractivity contribution is 6.34. The standard InChI is InChI=1S/C14H17ClN2O4/c1-9-5-3-4-6-16(9)13-11(15)7-10(14(18)21-2)8-12(13)17(19)20/h7-9H,3-6H2,1-2H3. The molecule has 7 heteroatoms. The number of nitro benzene ring substituents is 1. The first-order valence-electron chi connectivity index (χ1n) is 6.78. The van der Waals surface area contributed by atoms with Gasteiger partial charge < -0.3 is 9.64 Å². The van der Waals surface area contributed by atoms with E-state index in [2.05, 4.69) is 4.74 Å². The van der Waals surface area contributed by atoms with Crippen LogP contribution in [-0.4, -0.2) is 30.6 Å². The molecular weight excluding hydrogens is 296 g/mol. The number of ether oxygens (including phenoxy) is 1. The molecule has 1 unspecified atom stereocenters. The van der Waals surface area contributed by atoms with E-state index in [4.69, 9.17) is 11.6 Å². The number of carbonyl (C=O) groups is 1. The third kappa shape index (κ3) is 3.10. The van der Waals surface area contributed by atoms with Crippen LogP contribution in [0.2, 0.25) is 5.02 Å². The summed E-state index contributed by atoms with van der Waals surface area (Å²) in [6, 6.07) is 2.84. The molecular formula is C14H17ClN2O4. The Bertz CT molecular complexity index is 576. The van der Waals surface area contributed by atoms with Crippen LogP contribution >= 0.6 is 11.6 Å². The SMILES string of the molecule is COC(=O)c1cc(Cl)c(N2CCCCC2C)c([N+](=O)[O-])c1. The smallest absolute Gasteiger partial charge is 0.338 e. The highest BCUT2D eigenvalue weighted by Crippen LogP contribution is 2.39. The number of methoxy groups -OCH3 is 1. The van der Waals surface area contributed by atoms with Gasteiger partial charge in [-0.1, -0.05) is 11.6 Å². The highest BCUT2D eigenvalue weighted by atomic mass is 35.5. The minimum atomic E-state index is -0.641. The van der Waals surface area contributed by atoms with Crippen molar-refractivity contribution in [2.75, 3.05) is 18.6 Å². The van der Waals surface area contributed by atoms with E-state index in [0.717, 1.165) is 25.8 Å². The molecule has 0 N–H and O–H groups in total. The maximum absolute atomic E-state index is 11.6. The molecule has 0 aliphatic carbocycles. The molecule has 0 saturated carbocycles. The van der Waals surface area contributed by atoms with Crippen molar-refractivity contribution in [1.29, 1.82) is 0 Å². The van der Waals surface area contributed by atoms with E-state index in [9.17, 15) is 14.9 Å². The second-order valence-corrected chi connectivity index (χ2v) is 5.52. The maximum Gasteiger partial charge on any atom is 0.338 e. The van der Waals surface area contributed by atoms with Crippen LogP contribution in [0.5, 0.6) is 0 Å². The molecule has 1 fully saturated rings. The predicted molar refractivity (Wildman–Crippen MR) is 80.1 cm³/mol. The summed E-state index contributed by atoms with van der Waals surface area (Å²) in [6.07, 6.45) is 3.03. The van der Waals surface area contributed by atoms with Gasteiger partial charge in [0.05, 0.1) is 22.6 Å². The topological polar surface area (TPSA) is 72.7 Å². The van der Waals surface area contributed by atoms with Gasteiger partial charge in [0.2, 0.25) is 0 Å². The van der Waals surface area contributed by atoms with Crippen molar-refractivity contribution in [2.24, 2.45) is 0 Å². The number of nitro groups is 1. The average Bonchev–Trinajstić information content (AvgIpc) is 2.46. The van der Waals surface area contributed by atoms with Gasteiger partial charge >= 0.3 is 5.97 Å². The number of halogens is 1. The van der Waals surface area contributed by atoms with E-state index >= 15 is 0 Å². The fourth-order valence-electron chi connectivity index (χ4n) is 2.67. The number of esters is 1. The van der Waals surface area contributed by atoms with E-state index in [0.29, 0.717) is 5.69 Å². The summed E-state index contributed by atoms with van der Waals surface area (Å²) < 4.78 is 4.60. The molecule has 1 aliphatic heterocycles. The fourth-order valence-corrected chi connectivity index (χ4v) is 3.00. The molecule has 1 aromatic rings. The number of carbonyl (C=O) groups excluding carboxylic acids is 1. The van der Waals surface area contributed by atoms with E-state index in [1.165, 1.54) is 19.2 Å². The molecule has 0 radical (unpaired) electrons. The second-order valence-electron chi connectivity index (χ2n) is 5.11. The Morgan fingerprint density at radius 1 is 1.48 bits per heavy atom. The molecule has 1 aliphatic rings. The lowest BCUT2D eigenvalue weighted by Crippen LogP contribution is -2.38. The first-order valence-corrected chi connectivity index (χ1v) is 7.16. The molecule has 2 rings (SSSR count). The predicted octanol–water partition coefficient (Wildman–Crippen LogP) is 3.41.